The van der Waals surface area contributed by atoms with Crippen LogP contribution < -0.4 is 5.32 Å². The molecule has 2 aromatic heterocycles. The van der Waals surface area contributed by atoms with Gasteiger partial charge in [-0.25, -0.2) is 0 Å². The molecular formula is C12H9NO4S2. The van der Waals surface area contributed by atoms with E-state index in [1.54, 1.807) is 22.9 Å². The molecule has 7 heteroatoms. The first-order valence-electron chi connectivity index (χ1n) is 5.23. The van der Waals surface area contributed by atoms with Gasteiger partial charge in [0.05, 0.1) is 4.88 Å². The highest BCUT2D eigenvalue weighted by molar-refractivity contribution is 7.15. The molecule has 0 saturated heterocycles. The molecule has 0 bridgehead atoms. The highest BCUT2D eigenvalue weighted by Crippen LogP contribution is 2.30. The van der Waals surface area contributed by atoms with Crippen LogP contribution in [0.15, 0.2) is 22.9 Å². The molecule has 2 heterocycles. The van der Waals surface area contributed by atoms with Crippen molar-refractivity contribution in [2.75, 3.05) is 6.54 Å². The van der Waals surface area contributed by atoms with Gasteiger partial charge in [0.25, 0.3) is 5.91 Å². The Bertz CT molecular complexity index is 629. The number of nitrogens with one attached hydrogen (secondary N) is 1. The van der Waals surface area contributed by atoms with Crippen molar-refractivity contribution < 1.29 is 19.5 Å². The fourth-order valence-electron chi connectivity index (χ4n) is 1.39. The zero-order chi connectivity index (χ0) is 13.8. The average molecular weight is 295 g/mol. The summed E-state index contributed by atoms with van der Waals surface area (Å²) in [5.74, 6) is -1.50. The maximum Gasteiger partial charge on any atom is 0.322 e. The molecule has 0 aromatic carbocycles. The van der Waals surface area contributed by atoms with Crippen LogP contribution in [-0.4, -0.2) is 29.8 Å². The summed E-state index contributed by atoms with van der Waals surface area (Å²) in [6.45, 7) is -0.402. The molecule has 0 unspecified atom stereocenters. The number of carboxylic acids is 1. The smallest absolute Gasteiger partial charge is 0.322 e. The number of aliphatic carboxylic acids is 1. The molecule has 19 heavy (non-hydrogen) atoms. The van der Waals surface area contributed by atoms with Gasteiger partial charge >= 0.3 is 5.97 Å². The summed E-state index contributed by atoms with van der Waals surface area (Å²) in [4.78, 5) is 33.9. The summed E-state index contributed by atoms with van der Waals surface area (Å²) in [6, 6.07) is 3.43. The highest BCUT2D eigenvalue weighted by Gasteiger charge is 2.12. The molecule has 0 aliphatic carbocycles. The predicted octanol–water partition coefficient (Wildman–Crippen LogP) is 2.10. The number of hydrogen-bond donors (Lipinski definition) is 2. The third kappa shape index (κ3) is 3.27. The van der Waals surface area contributed by atoms with Crippen LogP contribution >= 0.6 is 22.7 Å². The van der Waals surface area contributed by atoms with Crippen LogP contribution in [0.5, 0.6) is 0 Å². The van der Waals surface area contributed by atoms with E-state index in [-0.39, 0.29) is 0 Å². The van der Waals surface area contributed by atoms with Crippen molar-refractivity contribution in [1.29, 1.82) is 0 Å². The number of carbonyl (C=O) groups is 3. The summed E-state index contributed by atoms with van der Waals surface area (Å²) >= 11 is 2.65. The lowest BCUT2D eigenvalue weighted by Gasteiger charge is -1.97. The number of amides is 1. The second kappa shape index (κ2) is 5.77. The Labute approximate surface area is 116 Å². The molecule has 0 aliphatic rings. The van der Waals surface area contributed by atoms with E-state index in [0.717, 1.165) is 16.7 Å². The van der Waals surface area contributed by atoms with E-state index in [1.165, 1.54) is 22.7 Å². The van der Waals surface area contributed by atoms with E-state index in [2.05, 4.69) is 5.32 Å². The van der Waals surface area contributed by atoms with E-state index >= 15 is 0 Å². The summed E-state index contributed by atoms with van der Waals surface area (Å²) in [6.07, 6.45) is 0.771. The van der Waals surface area contributed by atoms with E-state index in [1.807, 2.05) is 0 Å². The summed E-state index contributed by atoms with van der Waals surface area (Å²) < 4.78 is 0. The van der Waals surface area contributed by atoms with Gasteiger partial charge in [-0.3, -0.25) is 14.4 Å². The Kier molecular flexibility index (Phi) is 4.08. The van der Waals surface area contributed by atoms with Gasteiger partial charge in [-0.05, 0) is 12.1 Å². The van der Waals surface area contributed by atoms with Gasteiger partial charge in [-0.1, -0.05) is 0 Å². The maximum absolute atomic E-state index is 11.6. The first kappa shape index (κ1) is 13.4. The molecule has 0 spiro atoms. The molecule has 0 atom stereocenters. The first-order chi connectivity index (χ1) is 9.10. The zero-order valence-corrected chi connectivity index (χ0v) is 11.2. The topological polar surface area (TPSA) is 83.5 Å². The fraction of sp³-hybridized carbons (Fsp3) is 0.0833. The molecule has 2 rings (SSSR count). The van der Waals surface area contributed by atoms with E-state index in [9.17, 15) is 14.4 Å². The maximum atomic E-state index is 11.6. The Morgan fingerprint density at radius 2 is 2.05 bits per heavy atom. The molecule has 2 N–H and O–H groups in total. The van der Waals surface area contributed by atoms with Crippen molar-refractivity contribution in [3.63, 3.8) is 0 Å². The van der Waals surface area contributed by atoms with Crippen LogP contribution in [0.3, 0.4) is 0 Å². The van der Waals surface area contributed by atoms with Crippen LogP contribution in [-0.2, 0) is 4.79 Å². The standard InChI is InChI=1S/C12H9NO4S2/c14-4-7-1-9(18-5-7)8-2-10(19-6-8)12(17)13-3-11(15)16/h1-2,4-6H,3H2,(H,13,17)(H,15,16). The second-order valence-electron chi connectivity index (χ2n) is 3.64. The SMILES string of the molecule is O=Cc1csc(-c2csc(C(=O)NCC(=O)O)c2)c1. The van der Waals surface area contributed by atoms with Crippen LogP contribution in [0.4, 0.5) is 0 Å². The fourth-order valence-corrected chi connectivity index (χ4v) is 3.13. The van der Waals surface area contributed by atoms with Gasteiger partial charge in [0, 0.05) is 26.8 Å². The van der Waals surface area contributed by atoms with Crippen molar-refractivity contribution in [3.8, 4) is 10.4 Å². The predicted molar refractivity (Wildman–Crippen MR) is 73.0 cm³/mol. The Morgan fingerprint density at radius 1 is 1.26 bits per heavy atom. The number of rotatable bonds is 5. The van der Waals surface area contributed by atoms with Crippen molar-refractivity contribution in [2.45, 2.75) is 0 Å². The van der Waals surface area contributed by atoms with E-state index in [0.29, 0.717) is 10.4 Å². The molecule has 0 fully saturated rings. The van der Waals surface area contributed by atoms with Crippen molar-refractivity contribution >= 4 is 40.8 Å². The first-order valence-corrected chi connectivity index (χ1v) is 6.98. The van der Waals surface area contributed by atoms with Gasteiger partial charge in [0.15, 0.2) is 6.29 Å². The minimum absolute atomic E-state index is 0.402. The quantitative estimate of drug-likeness (QED) is 0.827. The van der Waals surface area contributed by atoms with Crippen molar-refractivity contribution in [2.24, 2.45) is 0 Å². The summed E-state index contributed by atoms with van der Waals surface area (Å²) in [5, 5.41) is 14.3. The van der Waals surface area contributed by atoms with E-state index < -0.39 is 18.4 Å². The van der Waals surface area contributed by atoms with Crippen LogP contribution in [0.25, 0.3) is 10.4 Å². The van der Waals surface area contributed by atoms with Gasteiger partial charge in [-0.2, -0.15) is 0 Å². The summed E-state index contributed by atoms with van der Waals surface area (Å²) in [7, 11) is 0. The highest BCUT2D eigenvalue weighted by atomic mass is 32.1. The lowest BCUT2D eigenvalue weighted by Crippen LogP contribution is -2.28. The largest absolute Gasteiger partial charge is 0.480 e. The molecule has 2 aromatic rings. The Balaban J connectivity index is 2.12. The Morgan fingerprint density at radius 3 is 2.68 bits per heavy atom. The van der Waals surface area contributed by atoms with Gasteiger partial charge in [-0.15, -0.1) is 22.7 Å². The molecule has 98 valence electrons. The van der Waals surface area contributed by atoms with Crippen LogP contribution in [0.1, 0.15) is 20.0 Å². The lowest BCUT2D eigenvalue weighted by molar-refractivity contribution is -0.135. The van der Waals surface area contributed by atoms with E-state index in [4.69, 9.17) is 5.11 Å². The van der Waals surface area contributed by atoms with Gasteiger partial charge < -0.3 is 10.4 Å². The summed E-state index contributed by atoms with van der Waals surface area (Å²) in [5.41, 5.74) is 1.45. The van der Waals surface area contributed by atoms with Gasteiger partial charge in [0.2, 0.25) is 0 Å². The molecule has 0 aliphatic heterocycles. The number of carbonyl (C=O) groups excluding carboxylic acids is 2. The van der Waals surface area contributed by atoms with Crippen molar-refractivity contribution in [1.82, 2.24) is 5.32 Å². The normalized spacial score (nSPS) is 10.1. The molecule has 0 saturated carbocycles. The third-order valence-corrected chi connectivity index (χ3v) is 4.19. The molecule has 0 radical (unpaired) electrons. The zero-order valence-electron chi connectivity index (χ0n) is 9.58. The number of hydrogen-bond acceptors (Lipinski definition) is 5. The Hall–Kier alpha value is -1.99. The lowest BCUT2D eigenvalue weighted by atomic mass is 10.2. The minimum atomic E-state index is -1.08. The number of thiophene rings is 2. The number of carboxylic acid groups (broad SMARTS) is 1. The monoisotopic (exact) mass is 295 g/mol. The van der Waals surface area contributed by atoms with Crippen LogP contribution in [0, 0.1) is 0 Å². The molecular weight excluding hydrogens is 286 g/mol. The minimum Gasteiger partial charge on any atom is -0.480 e. The molecule has 5 nitrogen and oxygen atoms in total. The third-order valence-electron chi connectivity index (χ3n) is 2.26. The molecule has 1 amide bonds. The second-order valence-corrected chi connectivity index (χ2v) is 5.46. The number of aldehydes is 1. The van der Waals surface area contributed by atoms with Crippen LogP contribution in [0.2, 0.25) is 0 Å². The van der Waals surface area contributed by atoms with Crippen molar-refractivity contribution in [3.05, 3.63) is 33.3 Å². The average Bonchev–Trinajstić information content (AvgIpc) is 3.03. The van der Waals surface area contributed by atoms with Gasteiger partial charge in [0.1, 0.15) is 6.54 Å².